The van der Waals surface area contributed by atoms with Crippen molar-refractivity contribution in [1.29, 1.82) is 0 Å². The van der Waals surface area contributed by atoms with E-state index in [9.17, 15) is 26.4 Å². The molecule has 3 rings (SSSR count). The van der Waals surface area contributed by atoms with Crippen molar-refractivity contribution >= 4 is 33.2 Å². The maximum absolute atomic E-state index is 13.0. The molecule has 2 aromatic rings. The molecule has 1 aromatic heterocycles. The summed E-state index contributed by atoms with van der Waals surface area (Å²) in [5.41, 5.74) is -0.667. The second kappa shape index (κ2) is 8.29. The van der Waals surface area contributed by atoms with Gasteiger partial charge >= 0.3 is 6.18 Å². The Morgan fingerprint density at radius 2 is 1.90 bits per heavy atom. The number of halogens is 4. The Morgan fingerprint density at radius 1 is 1.21 bits per heavy atom. The Morgan fingerprint density at radius 3 is 2.48 bits per heavy atom. The van der Waals surface area contributed by atoms with E-state index in [1.807, 2.05) is 0 Å². The third kappa shape index (κ3) is 4.88. The van der Waals surface area contributed by atoms with E-state index in [4.69, 9.17) is 11.6 Å². The number of carbonyl (C=O) groups is 1. The number of anilines is 1. The van der Waals surface area contributed by atoms with E-state index in [1.54, 1.807) is 18.3 Å². The number of nitrogens with one attached hydrogen (secondary N) is 1. The number of benzene rings is 1. The summed E-state index contributed by atoms with van der Waals surface area (Å²) >= 11 is 5.56. The van der Waals surface area contributed by atoms with Gasteiger partial charge in [0.15, 0.2) is 0 Å². The van der Waals surface area contributed by atoms with Crippen molar-refractivity contribution in [3.63, 3.8) is 0 Å². The molecule has 6 nitrogen and oxygen atoms in total. The fourth-order valence-corrected chi connectivity index (χ4v) is 4.79. The summed E-state index contributed by atoms with van der Waals surface area (Å²) in [6.45, 7) is 0.0505. The zero-order valence-electron chi connectivity index (χ0n) is 15.0. The van der Waals surface area contributed by atoms with E-state index < -0.39 is 37.6 Å². The number of piperidine rings is 1. The highest BCUT2D eigenvalue weighted by Gasteiger charge is 2.37. The Balaban J connectivity index is 1.69. The zero-order valence-corrected chi connectivity index (χ0v) is 16.6. The largest absolute Gasteiger partial charge is 0.417 e. The van der Waals surface area contributed by atoms with Gasteiger partial charge in [-0.3, -0.25) is 9.78 Å². The van der Waals surface area contributed by atoms with Gasteiger partial charge in [-0.1, -0.05) is 11.6 Å². The first-order valence-corrected chi connectivity index (χ1v) is 10.5. The minimum atomic E-state index is -4.76. The van der Waals surface area contributed by atoms with Crippen LogP contribution in [0.15, 0.2) is 47.6 Å². The van der Waals surface area contributed by atoms with Crippen LogP contribution >= 0.6 is 11.6 Å². The summed E-state index contributed by atoms with van der Waals surface area (Å²) in [7, 11) is -4.14. The van der Waals surface area contributed by atoms with Crippen molar-refractivity contribution in [3.8, 4) is 0 Å². The highest BCUT2D eigenvalue weighted by Crippen LogP contribution is 2.36. The van der Waals surface area contributed by atoms with Crippen molar-refractivity contribution in [2.75, 3.05) is 18.4 Å². The summed E-state index contributed by atoms with van der Waals surface area (Å²) in [6, 6.07) is 5.87. The molecule has 1 N–H and O–H groups in total. The molecular weight excluding hydrogens is 431 g/mol. The van der Waals surface area contributed by atoms with Gasteiger partial charge < -0.3 is 5.32 Å². The second-order valence-corrected chi connectivity index (χ2v) is 8.89. The number of rotatable bonds is 4. The van der Waals surface area contributed by atoms with E-state index >= 15 is 0 Å². The van der Waals surface area contributed by atoms with Crippen LogP contribution in [0.3, 0.4) is 0 Å². The van der Waals surface area contributed by atoms with Crippen LogP contribution in [0.5, 0.6) is 0 Å². The summed E-state index contributed by atoms with van der Waals surface area (Å²) in [5.74, 6) is -0.654. The summed E-state index contributed by atoms with van der Waals surface area (Å²) in [4.78, 5) is 15.8. The van der Waals surface area contributed by atoms with Crippen LogP contribution in [0.4, 0.5) is 18.9 Å². The predicted octanol–water partition coefficient (Wildman–Crippen LogP) is 3.79. The van der Waals surface area contributed by atoms with Crippen LogP contribution in [-0.2, 0) is 21.0 Å². The number of alkyl halides is 3. The summed E-state index contributed by atoms with van der Waals surface area (Å²) < 4.78 is 65.7. The first-order valence-electron chi connectivity index (χ1n) is 8.67. The van der Waals surface area contributed by atoms with Gasteiger partial charge in [0.25, 0.3) is 0 Å². The average molecular weight is 448 g/mol. The number of pyridine rings is 1. The predicted molar refractivity (Wildman–Crippen MR) is 101 cm³/mol. The molecule has 0 atom stereocenters. The van der Waals surface area contributed by atoms with Crippen LogP contribution in [0.2, 0.25) is 5.02 Å². The average Bonchev–Trinajstić information content (AvgIpc) is 2.68. The Labute approximate surface area is 170 Å². The quantitative estimate of drug-likeness (QED) is 0.773. The minimum absolute atomic E-state index is 0.0252. The summed E-state index contributed by atoms with van der Waals surface area (Å²) in [5, 5.41) is 2.15. The highest BCUT2D eigenvalue weighted by molar-refractivity contribution is 7.89. The normalized spacial score (nSPS) is 16.6. The molecule has 0 radical (unpaired) electrons. The van der Waals surface area contributed by atoms with Crippen molar-refractivity contribution in [3.05, 3.63) is 53.3 Å². The highest BCUT2D eigenvalue weighted by atomic mass is 35.5. The molecule has 1 amide bonds. The van der Waals surface area contributed by atoms with Crippen molar-refractivity contribution in [1.82, 2.24) is 9.29 Å². The molecule has 1 aliphatic heterocycles. The van der Waals surface area contributed by atoms with Crippen LogP contribution in [0.25, 0.3) is 0 Å². The van der Waals surface area contributed by atoms with Gasteiger partial charge in [-0.15, -0.1) is 0 Å². The van der Waals surface area contributed by atoms with Gasteiger partial charge in [-0.2, -0.15) is 17.5 Å². The van der Waals surface area contributed by atoms with Gasteiger partial charge in [0.05, 0.1) is 27.4 Å². The first-order chi connectivity index (χ1) is 13.6. The van der Waals surface area contributed by atoms with Crippen molar-refractivity contribution < 1.29 is 26.4 Å². The van der Waals surface area contributed by atoms with Crippen molar-refractivity contribution in [2.45, 2.75) is 23.9 Å². The molecule has 29 heavy (non-hydrogen) atoms. The number of sulfonamides is 1. The monoisotopic (exact) mass is 447 g/mol. The first kappa shape index (κ1) is 21.5. The van der Waals surface area contributed by atoms with E-state index in [0.717, 1.165) is 16.4 Å². The molecule has 0 aliphatic carbocycles. The molecule has 1 saturated heterocycles. The fraction of sp³-hybridized carbons (Fsp3) is 0.333. The number of carbonyl (C=O) groups excluding carboxylic acids is 1. The molecule has 11 heteroatoms. The van der Waals surface area contributed by atoms with Gasteiger partial charge in [0.1, 0.15) is 0 Å². The number of hydrogen-bond acceptors (Lipinski definition) is 4. The molecule has 1 aliphatic rings. The van der Waals surface area contributed by atoms with Crippen LogP contribution in [0, 0.1) is 5.92 Å². The van der Waals surface area contributed by atoms with E-state index in [2.05, 4.69) is 10.3 Å². The van der Waals surface area contributed by atoms with Gasteiger partial charge in [-0.25, -0.2) is 8.42 Å². The lowest BCUT2D eigenvalue weighted by molar-refractivity contribution is -0.137. The second-order valence-electron chi connectivity index (χ2n) is 6.55. The molecule has 0 saturated carbocycles. The Hall–Kier alpha value is -2.17. The van der Waals surface area contributed by atoms with Crippen LogP contribution < -0.4 is 5.32 Å². The standard InChI is InChI=1S/C18H17ClF3N3O3S/c19-16-4-3-14(10-15(16)18(20,21)22)29(27,28)25-8-5-12(6-9-25)17(26)24-13-2-1-7-23-11-13/h1-4,7,10-12H,5-6,8-9H2,(H,24,26). The topological polar surface area (TPSA) is 79.4 Å². The molecular formula is C18H17ClF3N3O3S. The maximum atomic E-state index is 13.0. The van der Waals surface area contributed by atoms with E-state index in [-0.39, 0.29) is 31.8 Å². The fourth-order valence-electron chi connectivity index (χ4n) is 3.07. The third-order valence-corrected chi connectivity index (χ3v) is 6.86. The molecule has 1 aromatic carbocycles. The SMILES string of the molecule is O=C(Nc1cccnc1)C1CCN(S(=O)(=O)c2ccc(Cl)c(C(F)(F)F)c2)CC1. The smallest absolute Gasteiger partial charge is 0.324 e. The molecule has 0 spiro atoms. The van der Waals surface area contributed by atoms with Crippen LogP contribution in [0.1, 0.15) is 18.4 Å². The minimum Gasteiger partial charge on any atom is -0.324 e. The number of nitrogens with zero attached hydrogens (tertiary/aromatic N) is 2. The van der Waals surface area contributed by atoms with Gasteiger partial charge in [0.2, 0.25) is 15.9 Å². The number of aromatic nitrogens is 1. The van der Waals surface area contributed by atoms with Gasteiger partial charge in [0, 0.05) is 25.2 Å². The Kier molecular flexibility index (Phi) is 6.16. The van der Waals surface area contributed by atoms with Crippen LogP contribution in [-0.4, -0.2) is 36.7 Å². The summed E-state index contributed by atoms with van der Waals surface area (Å²) in [6.07, 6.45) is -1.19. The van der Waals surface area contributed by atoms with E-state index in [0.29, 0.717) is 11.8 Å². The third-order valence-electron chi connectivity index (χ3n) is 4.63. The Bertz CT molecular complexity index is 992. The van der Waals surface area contributed by atoms with E-state index in [1.165, 1.54) is 6.20 Å². The maximum Gasteiger partial charge on any atom is 0.417 e. The number of amides is 1. The molecule has 0 bridgehead atoms. The molecule has 2 heterocycles. The molecule has 156 valence electrons. The van der Waals surface area contributed by atoms with Crippen molar-refractivity contribution in [2.24, 2.45) is 5.92 Å². The lowest BCUT2D eigenvalue weighted by Crippen LogP contribution is -2.41. The number of hydrogen-bond donors (Lipinski definition) is 1. The molecule has 1 fully saturated rings. The molecule has 0 unspecified atom stereocenters. The zero-order chi connectivity index (χ0) is 21.2. The van der Waals surface area contributed by atoms with Gasteiger partial charge in [-0.05, 0) is 43.2 Å². The lowest BCUT2D eigenvalue weighted by Gasteiger charge is -2.30. The lowest BCUT2D eigenvalue weighted by atomic mass is 9.97.